The lowest BCUT2D eigenvalue weighted by Crippen LogP contribution is -2.32. The van der Waals surface area contributed by atoms with E-state index in [4.69, 9.17) is 0 Å². The van der Waals surface area contributed by atoms with Gasteiger partial charge in [-0.05, 0) is 30.9 Å². The van der Waals surface area contributed by atoms with Crippen LogP contribution < -0.4 is 16.6 Å². The van der Waals surface area contributed by atoms with Crippen molar-refractivity contribution in [3.63, 3.8) is 0 Å². The van der Waals surface area contributed by atoms with Crippen LogP contribution in [0.25, 0.3) is 0 Å². The van der Waals surface area contributed by atoms with Gasteiger partial charge in [0.15, 0.2) is 0 Å². The predicted octanol–water partition coefficient (Wildman–Crippen LogP) is 2.40. The van der Waals surface area contributed by atoms with E-state index < -0.39 is 11.2 Å². The van der Waals surface area contributed by atoms with Crippen molar-refractivity contribution >= 4 is 5.91 Å². The van der Waals surface area contributed by atoms with Gasteiger partial charge in [0.1, 0.15) is 0 Å². The predicted molar refractivity (Wildman–Crippen MR) is 108 cm³/mol. The Kier molecular flexibility index (Phi) is 6.22. The summed E-state index contributed by atoms with van der Waals surface area (Å²) in [5, 5.41) is 3.08. The summed E-state index contributed by atoms with van der Waals surface area (Å²) in [7, 11) is 0. The van der Waals surface area contributed by atoms with Gasteiger partial charge in [-0.2, -0.15) is 0 Å². The number of nitrogens with one attached hydrogen (secondary N) is 3. The molecule has 1 atom stereocenters. The maximum absolute atomic E-state index is 12.6. The lowest BCUT2D eigenvalue weighted by atomic mass is 9.98. The van der Waals surface area contributed by atoms with Crippen LogP contribution in [0, 0.1) is 6.92 Å². The number of hydrogen-bond donors (Lipinski definition) is 3. The summed E-state index contributed by atoms with van der Waals surface area (Å²) in [5.74, 6) is -0.144. The SMILES string of the molecule is Cc1[nH]c(=O)[nH]c(=O)c1CCC(=O)N[C@H](Cc1ccccc1)c1ccccc1. The van der Waals surface area contributed by atoms with Crippen LogP contribution in [-0.2, 0) is 17.6 Å². The van der Waals surface area contributed by atoms with Crippen LogP contribution in [-0.4, -0.2) is 15.9 Å². The van der Waals surface area contributed by atoms with E-state index in [2.05, 4.69) is 15.3 Å². The van der Waals surface area contributed by atoms with Gasteiger partial charge in [-0.3, -0.25) is 14.6 Å². The second-order valence-electron chi connectivity index (χ2n) is 6.73. The number of hydrogen-bond acceptors (Lipinski definition) is 3. The Bertz CT molecular complexity index is 1040. The Morgan fingerprint density at radius 2 is 1.61 bits per heavy atom. The van der Waals surface area contributed by atoms with E-state index in [9.17, 15) is 14.4 Å². The first kappa shape index (κ1) is 19.4. The molecule has 144 valence electrons. The summed E-state index contributed by atoms with van der Waals surface area (Å²) >= 11 is 0. The molecule has 0 aliphatic rings. The average molecular weight is 377 g/mol. The molecule has 0 aliphatic heterocycles. The van der Waals surface area contributed by atoms with Crippen molar-refractivity contribution < 1.29 is 4.79 Å². The fourth-order valence-electron chi connectivity index (χ4n) is 3.22. The minimum atomic E-state index is -0.539. The van der Waals surface area contributed by atoms with Crippen molar-refractivity contribution in [2.45, 2.75) is 32.2 Å². The zero-order valence-electron chi connectivity index (χ0n) is 15.7. The maximum Gasteiger partial charge on any atom is 0.325 e. The Labute approximate surface area is 162 Å². The molecular formula is C22H23N3O3. The number of aryl methyl sites for hydroxylation is 1. The van der Waals surface area contributed by atoms with Gasteiger partial charge >= 0.3 is 5.69 Å². The Morgan fingerprint density at radius 1 is 0.964 bits per heavy atom. The zero-order chi connectivity index (χ0) is 19.9. The molecule has 0 bridgehead atoms. The molecule has 6 nitrogen and oxygen atoms in total. The number of carbonyl (C=O) groups excluding carboxylic acids is 1. The lowest BCUT2D eigenvalue weighted by Gasteiger charge is -2.19. The average Bonchev–Trinajstić information content (AvgIpc) is 2.68. The van der Waals surface area contributed by atoms with E-state index in [1.54, 1.807) is 6.92 Å². The molecule has 1 aromatic heterocycles. The Hall–Kier alpha value is -3.41. The Balaban J connectivity index is 1.71. The monoisotopic (exact) mass is 377 g/mol. The van der Waals surface area contributed by atoms with Crippen LogP contribution in [0.4, 0.5) is 0 Å². The van der Waals surface area contributed by atoms with Gasteiger partial charge < -0.3 is 10.3 Å². The number of amides is 1. The molecule has 0 radical (unpaired) electrons. The van der Waals surface area contributed by atoms with Gasteiger partial charge in [0.2, 0.25) is 5.91 Å². The number of carbonyl (C=O) groups is 1. The van der Waals surface area contributed by atoms with E-state index in [0.29, 0.717) is 17.7 Å². The topological polar surface area (TPSA) is 94.8 Å². The van der Waals surface area contributed by atoms with E-state index in [1.165, 1.54) is 0 Å². The fraction of sp³-hybridized carbons (Fsp3) is 0.227. The molecule has 6 heteroatoms. The van der Waals surface area contributed by atoms with Crippen molar-refractivity contribution in [3.05, 3.63) is 104 Å². The molecule has 3 rings (SSSR count). The van der Waals surface area contributed by atoms with Crippen LogP contribution in [0.2, 0.25) is 0 Å². The second kappa shape index (κ2) is 8.99. The summed E-state index contributed by atoms with van der Waals surface area (Å²) in [5.41, 5.74) is 2.09. The molecule has 3 N–H and O–H groups in total. The molecule has 3 aromatic rings. The first-order chi connectivity index (χ1) is 13.5. The minimum Gasteiger partial charge on any atom is -0.349 e. The van der Waals surface area contributed by atoms with Crippen molar-refractivity contribution in [1.82, 2.24) is 15.3 Å². The summed E-state index contributed by atoms with van der Waals surface area (Å²) in [6, 6.07) is 19.6. The third kappa shape index (κ3) is 5.07. The molecular weight excluding hydrogens is 354 g/mol. The third-order valence-corrected chi connectivity index (χ3v) is 4.68. The quantitative estimate of drug-likeness (QED) is 0.590. The zero-order valence-corrected chi connectivity index (χ0v) is 15.7. The highest BCUT2D eigenvalue weighted by molar-refractivity contribution is 5.76. The van der Waals surface area contributed by atoms with Gasteiger partial charge in [0.05, 0.1) is 6.04 Å². The number of aromatic nitrogens is 2. The molecule has 0 saturated carbocycles. The highest BCUT2D eigenvalue weighted by atomic mass is 16.2. The third-order valence-electron chi connectivity index (χ3n) is 4.68. The van der Waals surface area contributed by atoms with E-state index in [-0.39, 0.29) is 24.8 Å². The van der Waals surface area contributed by atoms with Gasteiger partial charge in [-0.25, -0.2) is 4.79 Å². The first-order valence-electron chi connectivity index (χ1n) is 9.23. The summed E-state index contributed by atoms with van der Waals surface area (Å²) in [4.78, 5) is 40.6. The van der Waals surface area contributed by atoms with Crippen LogP contribution >= 0.6 is 0 Å². The van der Waals surface area contributed by atoms with Gasteiger partial charge in [-0.15, -0.1) is 0 Å². The highest BCUT2D eigenvalue weighted by Crippen LogP contribution is 2.18. The molecule has 1 heterocycles. The molecule has 1 amide bonds. The summed E-state index contributed by atoms with van der Waals surface area (Å²) in [6.07, 6.45) is 1.10. The fourth-order valence-corrected chi connectivity index (χ4v) is 3.22. The van der Waals surface area contributed by atoms with Crippen molar-refractivity contribution in [3.8, 4) is 0 Å². The molecule has 0 fully saturated rings. The molecule has 0 spiro atoms. The first-order valence-corrected chi connectivity index (χ1v) is 9.23. The van der Waals surface area contributed by atoms with Gasteiger partial charge in [0, 0.05) is 17.7 Å². The minimum absolute atomic E-state index is 0.144. The van der Waals surface area contributed by atoms with Crippen molar-refractivity contribution in [2.75, 3.05) is 0 Å². The van der Waals surface area contributed by atoms with E-state index >= 15 is 0 Å². The van der Waals surface area contributed by atoms with E-state index in [0.717, 1.165) is 11.1 Å². The smallest absolute Gasteiger partial charge is 0.325 e. The van der Waals surface area contributed by atoms with E-state index in [1.807, 2.05) is 60.7 Å². The highest BCUT2D eigenvalue weighted by Gasteiger charge is 2.16. The maximum atomic E-state index is 12.6. The number of H-pyrrole nitrogens is 2. The summed E-state index contributed by atoms with van der Waals surface area (Å²) in [6.45, 7) is 1.66. The van der Waals surface area contributed by atoms with Crippen LogP contribution in [0.3, 0.4) is 0 Å². The number of aromatic amines is 2. The van der Waals surface area contributed by atoms with Crippen molar-refractivity contribution in [1.29, 1.82) is 0 Å². The molecule has 0 unspecified atom stereocenters. The number of rotatable bonds is 7. The molecule has 2 aromatic carbocycles. The second-order valence-corrected chi connectivity index (χ2v) is 6.73. The molecule has 28 heavy (non-hydrogen) atoms. The molecule has 0 aliphatic carbocycles. The van der Waals surface area contributed by atoms with Crippen molar-refractivity contribution in [2.24, 2.45) is 0 Å². The summed E-state index contributed by atoms with van der Waals surface area (Å²) < 4.78 is 0. The Morgan fingerprint density at radius 3 is 2.25 bits per heavy atom. The largest absolute Gasteiger partial charge is 0.349 e. The van der Waals surface area contributed by atoms with Gasteiger partial charge in [0.25, 0.3) is 5.56 Å². The van der Waals surface area contributed by atoms with Gasteiger partial charge in [-0.1, -0.05) is 60.7 Å². The van der Waals surface area contributed by atoms with Crippen LogP contribution in [0.1, 0.15) is 34.8 Å². The normalized spacial score (nSPS) is 11.8. The lowest BCUT2D eigenvalue weighted by molar-refractivity contribution is -0.121. The van der Waals surface area contributed by atoms with Crippen LogP contribution in [0.5, 0.6) is 0 Å². The molecule has 0 saturated heterocycles. The van der Waals surface area contributed by atoms with Crippen LogP contribution in [0.15, 0.2) is 70.3 Å². The standard InChI is InChI=1S/C22H23N3O3/c1-15-18(21(27)25-22(28)23-15)12-13-20(26)24-19(17-10-6-3-7-11-17)14-16-8-4-2-5-9-16/h2-11,19H,12-14H2,1H3,(H,24,26)(H2,23,25,27,28)/t19-/m1/s1. The number of benzene rings is 2.